The van der Waals surface area contributed by atoms with Gasteiger partial charge < -0.3 is 15.3 Å². The predicted molar refractivity (Wildman–Crippen MR) is 113 cm³/mol. The zero-order valence-electron chi connectivity index (χ0n) is 16.7. The molecule has 0 radical (unpaired) electrons. The molecule has 2 aliphatic rings. The molecule has 1 saturated heterocycles. The minimum Gasteiger partial charge on any atom is -0.480 e. The SMILES string of the molecule is Cc1cccc(N2CCN(Cc3ccc(NC(=O)C4(C(=O)O)CC4)cc3)CC2)c1. The maximum Gasteiger partial charge on any atom is 0.319 e. The fourth-order valence-electron chi connectivity index (χ4n) is 3.85. The Morgan fingerprint density at radius 3 is 2.31 bits per heavy atom. The number of carbonyl (C=O) groups excluding carboxylic acids is 1. The van der Waals surface area contributed by atoms with Gasteiger partial charge in [-0.1, -0.05) is 24.3 Å². The van der Waals surface area contributed by atoms with E-state index in [1.165, 1.54) is 16.8 Å². The summed E-state index contributed by atoms with van der Waals surface area (Å²) in [6.45, 7) is 7.03. The number of carboxylic acid groups (broad SMARTS) is 1. The van der Waals surface area contributed by atoms with Gasteiger partial charge >= 0.3 is 5.97 Å². The third-order valence-electron chi connectivity index (χ3n) is 5.95. The maximum absolute atomic E-state index is 12.2. The molecule has 2 aromatic rings. The van der Waals surface area contributed by atoms with Crippen molar-refractivity contribution in [3.63, 3.8) is 0 Å². The molecule has 0 spiro atoms. The summed E-state index contributed by atoms with van der Waals surface area (Å²) < 4.78 is 0. The fourth-order valence-corrected chi connectivity index (χ4v) is 3.85. The number of nitrogens with zero attached hydrogens (tertiary/aromatic N) is 2. The lowest BCUT2D eigenvalue weighted by atomic mass is 10.1. The van der Waals surface area contributed by atoms with Gasteiger partial charge in [-0.15, -0.1) is 0 Å². The largest absolute Gasteiger partial charge is 0.480 e. The summed E-state index contributed by atoms with van der Waals surface area (Å²) in [6, 6.07) is 16.4. The Morgan fingerprint density at radius 1 is 1.03 bits per heavy atom. The van der Waals surface area contributed by atoms with E-state index < -0.39 is 17.3 Å². The molecule has 0 aromatic heterocycles. The molecule has 2 N–H and O–H groups in total. The number of aryl methyl sites for hydroxylation is 1. The third-order valence-corrected chi connectivity index (χ3v) is 5.95. The highest BCUT2D eigenvalue weighted by Gasteiger charge is 2.57. The van der Waals surface area contributed by atoms with E-state index >= 15 is 0 Å². The number of carboxylic acids is 1. The van der Waals surface area contributed by atoms with Gasteiger partial charge in [0.05, 0.1) is 0 Å². The van der Waals surface area contributed by atoms with Crippen LogP contribution < -0.4 is 10.2 Å². The van der Waals surface area contributed by atoms with Crippen molar-refractivity contribution in [2.24, 2.45) is 5.41 Å². The van der Waals surface area contributed by atoms with Gasteiger partial charge in [0.25, 0.3) is 0 Å². The van der Waals surface area contributed by atoms with Crippen LogP contribution in [0.3, 0.4) is 0 Å². The second-order valence-electron chi connectivity index (χ2n) is 8.14. The first kappa shape index (κ1) is 19.5. The van der Waals surface area contributed by atoms with E-state index in [4.69, 9.17) is 0 Å². The van der Waals surface area contributed by atoms with Crippen molar-refractivity contribution < 1.29 is 14.7 Å². The fraction of sp³-hybridized carbons (Fsp3) is 0.391. The number of hydrogen-bond acceptors (Lipinski definition) is 4. The number of amides is 1. The molecule has 6 nitrogen and oxygen atoms in total. The number of benzene rings is 2. The molecule has 1 aliphatic carbocycles. The minimum atomic E-state index is -1.21. The van der Waals surface area contributed by atoms with Gasteiger partial charge in [-0.2, -0.15) is 0 Å². The summed E-state index contributed by atoms with van der Waals surface area (Å²) in [5, 5.41) is 12.0. The first-order chi connectivity index (χ1) is 14.0. The third kappa shape index (κ3) is 4.27. The number of rotatable bonds is 6. The van der Waals surface area contributed by atoms with Crippen molar-refractivity contribution in [1.82, 2.24) is 4.90 Å². The summed E-state index contributed by atoms with van der Waals surface area (Å²) >= 11 is 0. The predicted octanol–water partition coefficient (Wildman–Crippen LogP) is 3.12. The summed E-state index contributed by atoms with van der Waals surface area (Å²) in [6.07, 6.45) is 0.835. The smallest absolute Gasteiger partial charge is 0.319 e. The van der Waals surface area contributed by atoms with Crippen LogP contribution in [-0.2, 0) is 16.1 Å². The van der Waals surface area contributed by atoms with Crippen molar-refractivity contribution in [2.45, 2.75) is 26.3 Å². The summed E-state index contributed by atoms with van der Waals surface area (Å²) in [5.41, 5.74) is 3.20. The topological polar surface area (TPSA) is 72.9 Å². The van der Waals surface area contributed by atoms with Gasteiger partial charge in [-0.25, -0.2) is 0 Å². The Balaban J connectivity index is 1.28. The number of aliphatic carboxylic acids is 1. The van der Waals surface area contributed by atoms with E-state index in [9.17, 15) is 14.7 Å². The van der Waals surface area contributed by atoms with Crippen molar-refractivity contribution in [2.75, 3.05) is 36.4 Å². The van der Waals surface area contributed by atoms with E-state index in [1.807, 2.05) is 24.3 Å². The highest BCUT2D eigenvalue weighted by Crippen LogP contribution is 2.46. The van der Waals surface area contributed by atoms with Crippen LogP contribution >= 0.6 is 0 Å². The van der Waals surface area contributed by atoms with Crippen LogP contribution in [0.4, 0.5) is 11.4 Å². The maximum atomic E-state index is 12.2. The van der Waals surface area contributed by atoms with Crippen LogP contribution in [0, 0.1) is 12.3 Å². The van der Waals surface area contributed by atoms with Gasteiger partial charge in [0.2, 0.25) is 5.91 Å². The van der Waals surface area contributed by atoms with E-state index in [0.29, 0.717) is 18.5 Å². The van der Waals surface area contributed by atoms with Crippen LogP contribution in [-0.4, -0.2) is 48.1 Å². The number of nitrogens with one attached hydrogen (secondary N) is 1. The first-order valence-electron chi connectivity index (χ1n) is 10.1. The van der Waals surface area contributed by atoms with Crippen LogP contribution in [0.5, 0.6) is 0 Å². The molecule has 0 bridgehead atoms. The molecule has 152 valence electrons. The van der Waals surface area contributed by atoms with Gasteiger partial charge in [0.1, 0.15) is 5.41 Å². The molecular weight excluding hydrogens is 366 g/mol. The van der Waals surface area contributed by atoms with Gasteiger partial charge in [0, 0.05) is 44.1 Å². The summed E-state index contributed by atoms with van der Waals surface area (Å²) in [4.78, 5) is 28.3. The molecule has 0 atom stereocenters. The first-order valence-corrected chi connectivity index (χ1v) is 10.1. The van der Waals surface area contributed by atoms with Crippen LogP contribution in [0.1, 0.15) is 24.0 Å². The van der Waals surface area contributed by atoms with Crippen molar-refractivity contribution in [3.05, 3.63) is 59.7 Å². The van der Waals surface area contributed by atoms with Gasteiger partial charge in [-0.05, 0) is 55.2 Å². The Morgan fingerprint density at radius 2 is 1.72 bits per heavy atom. The molecular formula is C23H27N3O3. The van der Waals surface area contributed by atoms with Crippen LogP contribution in [0.2, 0.25) is 0 Å². The Labute approximate surface area is 171 Å². The molecule has 1 saturated carbocycles. The molecule has 4 rings (SSSR count). The zero-order valence-corrected chi connectivity index (χ0v) is 16.7. The minimum absolute atomic E-state index is 0.412. The molecule has 2 fully saturated rings. The molecule has 1 amide bonds. The number of hydrogen-bond donors (Lipinski definition) is 2. The molecule has 1 aliphatic heterocycles. The molecule has 1 heterocycles. The van der Waals surface area contributed by atoms with Crippen molar-refractivity contribution in [1.29, 1.82) is 0 Å². The zero-order chi connectivity index (χ0) is 20.4. The molecule has 29 heavy (non-hydrogen) atoms. The lowest BCUT2D eigenvalue weighted by molar-refractivity contribution is -0.147. The average Bonchev–Trinajstić information content (AvgIpc) is 3.52. The Hall–Kier alpha value is -2.86. The Bertz CT molecular complexity index is 898. The van der Waals surface area contributed by atoms with Crippen LogP contribution in [0.15, 0.2) is 48.5 Å². The Kier molecular flexibility index (Phi) is 5.28. The number of anilines is 2. The van der Waals surface area contributed by atoms with E-state index in [0.717, 1.165) is 32.7 Å². The second-order valence-corrected chi connectivity index (χ2v) is 8.14. The highest BCUT2D eigenvalue weighted by molar-refractivity contribution is 6.10. The monoisotopic (exact) mass is 393 g/mol. The molecule has 2 aromatic carbocycles. The molecule has 0 unspecified atom stereocenters. The average molecular weight is 393 g/mol. The lowest BCUT2D eigenvalue weighted by Gasteiger charge is -2.36. The number of carbonyl (C=O) groups is 2. The lowest BCUT2D eigenvalue weighted by Crippen LogP contribution is -2.45. The number of piperazine rings is 1. The quantitative estimate of drug-likeness (QED) is 0.738. The standard InChI is InChI=1S/C23H27N3O3/c1-17-3-2-4-20(15-17)26-13-11-25(12-14-26)16-18-5-7-19(8-6-18)24-21(27)23(9-10-23)22(28)29/h2-8,15H,9-14,16H2,1H3,(H,24,27)(H,28,29). The summed E-state index contributed by atoms with van der Waals surface area (Å²) in [7, 11) is 0. The van der Waals surface area contributed by atoms with Crippen molar-refractivity contribution >= 4 is 23.3 Å². The highest BCUT2D eigenvalue weighted by atomic mass is 16.4. The normalized spacial score (nSPS) is 18.3. The van der Waals surface area contributed by atoms with Crippen LogP contribution in [0.25, 0.3) is 0 Å². The molecule has 6 heteroatoms. The second kappa shape index (κ2) is 7.87. The van der Waals surface area contributed by atoms with E-state index in [1.54, 1.807) is 0 Å². The van der Waals surface area contributed by atoms with Gasteiger partial charge in [-0.3, -0.25) is 14.5 Å². The summed E-state index contributed by atoms with van der Waals surface area (Å²) in [5.74, 6) is -1.44. The van der Waals surface area contributed by atoms with Crippen molar-refractivity contribution in [3.8, 4) is 0 Å². The van der Waals surface area contributed by atoms with E-state index in [2.05, 4.69) is 46.3 Å². The van der Waals surface area contributed by atoms with Gasteiger partial charge in [0.15, 0.2) is 0 Å². The van der Waals surface area contributed by atoms with E-state index in [-0.39, 0.29) is 0 Å².